The number of rotatable bonds is 8. The molecule has 2 aliphatic heterocycles. The third-order valence-corrected chi connectivity index (χ3v) is 8.43. The fourth-order valence-electron chi connectivity index (χ4n) is 6.04. The molecule has 0 saturated heterocycles. The van der Waals surface area contributed by atoms with Crippen molar-refractivity contribution in [1.82, 2.24) is 19.9 Å². The summed E-state index contributed by atoms with van der Waals surface area (Å²) < 4.78 is 0. The van der Waals surface area contributed by atoms with Crippen LogP contribution in [0.4, 0.5) is 0 Å². The maximum Gasteiger partial charge on any atom is 0.303 e. The number of nitrogens with one attached hydrogen (secondary N) is 2. The summed E-state index contributed by atoms with van der Waals surface area (Å²) in [7, 11) is 0. The Balaban J connectivity index is 1.94. The normalized spacial score (nSPS) is 13.9. The van der Waals surface area contributed by atoms with Crippen LogP contribution in [-0.4, -0.2) is 47.2 Å². The molecule has 5 heterocycles. The van der Waals surface area contributed by atoms with Gasteiger partial charge in [-0.25, -0.2) is 9.97 Å². The number of allylic oxidation sites excluding steroid dienone is 4. The van der Waals surface area contributed by atoms with E-state index in [9.17, 15) is 24.9 Å². The number of H-pyrrole nitrogens is 2. The number of aliphatic carboxylic acids is 2. The number of nitrogens with zero attached hydrogens (tertiary/aromatic N) is 2. The summed E-state index contributed by atoms with van der Waals surface area (Å²) in [5.41, 5.74) is 12.7. The number of carbonyl (C=O) groups is 2. The van der Waals surface area contributed by atoms with Crippen LogP contribution in [0.3, 0.4) is 0 Å². The van der Waals surface area contributed by atoms with Crippen LogP contribution in [0.1, 0.15) is 97.6 Å². The molecule has 0 spiro atoms. The van der Waals surface area contributed by atoms with Crippen molar-refractivity contribution in [3.63, 3.8) is 0 Å². The number of fused-ring (bicyclic) bond motifs is 8. The molecule has 8 bridgehead atoms. The van der Waals surface area contributed by atoms with Gasteiger partial charge in [-0.2, -0.15) is 0 Å². The van der Waals surface area contributed by atoms with E-state index in [4.69, 9.17) is 9.97 Å². The van der Waals surface area contributed by atoms with E-state index >= 15 is 0 Å². The van der Waals surface area contributed by atoms with Crippen molar-refractivity contribution in [1.29, 1.82) is 0 Å². The molecule has 3 aromatic heterocycles. The topological polar surface area (TPSA) is 152 Å². The Morgan fingerprint density at radius 1 is 0.767 bits per heavy atom. The highest BCUT2D eigenvalue weighted by Crippen LogP contribution is 2.38. The average molecular weight is 581 g/mol. The van der Waals surface area contributed by atoms with Crippen LogP contribution in [0.2, 0.25) is 0 Å². The van der Waals surface area contributed by atoms with Crippen LogP contribution in [-0.2, 0) is 9.59 Å². The van der Waals surface area contributed by atoms with E-state index in [0.29, 0.717) is 34.7 Å². The molecule has 9 nitrogen and oxygen atoms in total. The van der Waals surface area contributed by atoms with E-state index in [0.717, 1.165) is 61.1 Å². The van der Waals surface area contributed by atoms with Gasteiger partial charge in [0.1, 0.15) is 0 Å². The minimum atomic E-state index is -0.909. The summed E-state index contributed by atoms with van der Waals surface area (Å²) in [4.78, 5) is 39.9. The van der Waals surface area contributed by atoms with Gasteiger partial charge in [0, 0.05) is 46.0 Å². The lowest BCUT2D eigenvalue weighted by Crippen LogP contribution is -1.97. The van der Waals surface area contributed by atoms with Crippen LogP contribution in [0.25, 0.3) is 50.4 Å². The molecule has 5 rings (SSSR count). The summed E-state index contributed by atoms with van der Waals surface area (Å²) in [5, 5.41) is 29.7. The maximum absolute atomic E-state index is 11.5. The molecule has 2 aliphatic rings. The zero-order valence-corrected chi connectivity index (χ0v) is 25.1. The maximum atomic E-state index is 11.5. The molecule has 0 fully saturated rings. The number of carboxylic acids is 2. The second kappa shape index (κ2) is 11.5. The highest BCUT2D eigenvalue weighted by molar-refractivity contribution is 5.96. The second-order valence-corrected chi connectivity index (χ2v) is 11.2. The Bertz CT molecular complexity index is 1920. The Morgan fingerprint density at radius 3 is 1.74 bits per heavy atom. The quantitative estimate of drug-likeness (QED) is 0.189. The van der Waals surface area contributed by atoms with Crippen LogP contribution >= 0.6 is 0 Å². The first-order chi connectivity index (χ1) is 20.4. The summed E-state index contributed by atoms with van der Waals surface area (Å²) in [6.07, 6.45) is 1.51. The van der Waals surface area contributed by atoms with Crippen molar-refractivity contribution in [3.05, 3.63) is 75.9 Å². The molecule has 5 N–H and O–H groups in total. The molecule has 0 aromatic carbocycles. The molecule has 0 unspecified atom stereocenters. The standard InChI is InChI=1S/C34H36N4O5/c1-7-21-16(2)24-12-25-17(3)22(8-10-32(40)41)29(36-25)15-30-23(9-11-33(42)43)18(4)26(37-30)14-31-34(20(6)39)19(5)27(38-31)13-28(21)35-24/h7,12-15,20,35,38-39H,1,8-11H2,2-6H3,(H,40,41)(H,42,43)/t20-/m1/s1. The third-order valence-electron chi connectivity index (χ3n) is 8.43. The van der Waals surface area contributed by atoms with E-state index in [2.05, 4.69) is 16.5 Å². The molecule has 0 aliphatic carbocycles. The number of carboxylic acid groups (broad SMARTS) is 2. The molecule has 0 saturated carbocycles. The number of hydrogen-bond donors (Lipinski definition) is 5. The number of aliphatic hydroxyl groups is 1. The van der Waals surface area contributed by atoms with Crippen LogP contribution < -0.4 is 0 Å². The van der Waals surface area contributed by atoms with Gasteiger partial charge < -0.3 is 25.3 Å². The van der Waals surface area contributed by atoms with Crippen molar-refractivity contribution in [3.8, 4) is 0 Å². The third kappa shape index (κ3) is 5.56. The van der Waals surface area contributed by atoms with Crippen molar-refractivity contribution in [2.24, 2.45) is 0 Å². The molecule has 0 radical (unpaired) electrons. The number of aromatic amines is 2. The number of hydrogen-bond acceptors (Lipinski definition) is 5. The van der Waals surface area contributed by atoms with Crippen LogP contribution in [0, 0.1) is 13.8 Å². The molecule has 1 atom stereocenters. The Hall–Kier alpha value is -4.76. The SMILES string of the molecule is C=Cc1c(C)c2cc3nc(cc4nc(cc5[nH]c(cc1[nH]2)c(C)c5[C@@H](C)O)C(C)=C4CCC(=O)O)C(CCC(=O)O)=C3C. The largest absolute Gasteiger partial charge is 0.481 e. The highest BCUT2D eigenvalue weighted by Gasteiger charge is 2.23. The van der Waals surface area contributed by atoms with E-state index in [1.807, 2.05) is 58.0 Å². The van der Waals surface area contributed by atoms with Gasteiger partial charge in [-0.15, -0.1) is 0 Å². The van der Waals surface area contributed by atoms with Gasteiger partial charge in [-0.1, -0.05) is 12.7 Å². The van der Waals surface area contributed by atoms with Gasteiger partial charge in [-0.3, -0.25) is 9.59 Å². The minimum absolute atomic E-state index is 0.0527. The summed E-state index contributed by atoms with van der Waals surface area (Å²) >= 11 is 0. The molecule has 222 valence electrons. The van der Waals surface area contributed by atoms with Gasteiger partial charge in [0.15, 0.2) is 0 Å². The zero-order valence-electron chi connectivity index (χ0n) is 25.1. The predicted octanol–water partition coefficient (Wildman–Crippen LogP) is 7.22. The Labute approximate surface area is 249 Å². The van der Waals surface area contributed by atoms with Gasteiger partial charge >= 0.3 is 11.9 Å². The number of aliphatic hydroxyl groups excluding tert-OH is 1. The first kappa shape index (κ1) is 29.7. The van der Waals surface area contributed by atoms with Crippen molar-refractivity contribution >= 4 is 62.4 Å². The highest BCUT2D eigenvalue weighted by atomic mass is 16.4. The molecular formula is C34H36N4O5. The predicted molar refractivity (Wildman–Crippen MR) is 170 cm³/mol. The van der Waals surface area contributed by atoms with E-state index in [1.54, 1.807) is 6.92 Å². The summed E-state index contributed by atoms with van der Waals surface area (Å²) in [6, 6.07) is 7.70. The van der Waals surface area contributed by atoms with Gasteiger partial charge in [-0.05, 0) is 105 Å². The number of aryl methyl sites for hydroxylation is 2. The Kier molecular flexibility index (Phi) is 7.94. The smallest absolute Gasteiger partial charge is 0.303 e. The lowest BCUT2D eigenvalue weighted by Gasteiger charge is -2.05. The van der Waals surface area contributed by atoms with Crippen molar-refractivity contribution in [2.45, 2.75) is 66.4 Å². The fraction of sp³-hybridized carbons (Fsp3) is 0.294. The number of aromatic nitrogens is 4. The molecule has 9 heteroatoms. The van der Waals surface area contributed by atoms with Crippen molar-refractivity contribution < 1.29 is 24.9 Å². The van der Waals surface area contributed by atoms with E-state index < -0.39 is 18.0 Å². The molecule has 0 amide bonds. The monoisotopic (exact) mass is 580 g/mol. The second-order valence-electron chi connectivity index (χ2n) is 11.2. The summed E-state index contributed by atoms with van der Waals surface area (Å²) in [6.45, 7) is 13.6. The van der Waals surface area contributed by atoms with Crippen LogP contribution in [0.5, 0.6) is 0 Å². The Morgan fingerprint density at radius 2 is 1.26 bits per heavy atom. The zero-order chi connectivity index (χ0) is 31.2. The minimum Gasteiger partial charge on any atom is -0.481 e. The molecule has 43 heavy (non-hydrogen) atoms. The van der Waals surface area contributed by atoms with Gasteiger partial charge in [0.05, 0.1) is 28.9 Å². The fourth-order valence-corrected chi connectivity index (χ4v) is 6.04. The summed E-state index contributed by atoms with van der Waals surface area (Å²) in [5.74, 6) is -1.81. The van der Waals surface area contributed by atoms with Gasteiger partial charge in [0.25, 0.3) is 0 Å². The van der Waals surface area contributed by atoms with E-state index in [1.165, 1.54) is 0 Å². The molecule has 3 aromatic rings. The first-order valence-corrected chi connectivity index (χ1v) is 14.3. The van der Waals surface area contributed by atoms with Crippen molar-refractivity contribution in [2.75, 3.05) is 0 Å². The average Bonchev–Trinajstić information content (AvgIpc) is 3.59. The lowest BCUT2D eigenvalue weighted by atomic mass is 9.98. The lowest BCUT2D eigenvalue weighted by molar-refractivity contribution is -0.137. The first-order valence-electron chi connectivity index (χ1n) is 14.3. The van der Waals surface area contributed by atoms with Crippen LogP contribution in [0.15, 0.2) is 30.8 Å². The van der Waals surface area contributed by atoms with E-state index in [-0.39, 0.29) is 19.3 Å². The molecular weight excluding hydrogens is 544 g/mol. The van der Waals surface area contributed by atoms with Gasteiger partial charge in [0.2, 0.25) is 0 Å².